The van der Waals surface area contributed by atoms with Gasteiger partial charge in [0.1, 0.15) is 17.1 Å². The van der Waals surface area contributed by atoms with E-state index in [1.54, 1.807) is 26.0 Å². The van der Waals surface area contributed by atoms with E-state index in [0.717, 1.165) is 5.56 Å². The maximum atomic E-state index is 11.9. The van der Waals surface area contributed by atoms with Crippen molar-refractivity contribution in [1.29, 1.82) is 0 Å². The summed E-state index contributed by atoms with van der Waals surface area (Å²) in [6, 6.07) is 9.46. The predicted octanol–water partition coefficient (Wildman–Crippen LogP) is 2.81. The Balaban J connectivity index is 2.50. The molecular weight excluding hydrogens is 298 g/mol. The highest BCUT2D eigenvalue weighted by atomic mass is 16.5. The molecular formula is C17H17NO5. The Bertz CT molecular complexity index is 673. The number of pyridine rings is 1. The van der Waals surface area contributed by atoms with E-state index in [2.05, 4.69) is 4.98 Å². The molecule has 1 aromatic carbocycles. The third kappa shape index (κ3) is 4.06. The zero-order chi connectivity index (χ0) is 16.8. The smallest absolute Gasteiger partial charge is 0.356 e. The van der Waals surface area contributed by atoms with Crippen LogP contribution in [0.4, 0.5) is 0 Å². The molecule has 0 unspecified atom stereocenters. The molecule has 6 nitrogen and oxygen atoms in total. The van der Waals surface area contributed by atoms with Gasteiger partial charge < -0.3 is 14.6 Å². The molecule has 0 saturated heterocycles. The van der Waals surface area contributed by atoms with Crippen LogP contribution in [0, 0.1) is 0 Å². The molecule has 0 bridgehead atoms. The number of aromatic hydroxyl groups is 1. The summed E-state index contributed by atoms with van der Waals surface area (Å²) in [7, 11) is 0. The number of carbonyl (C=O) groups is 2. The first-order chi connectivity index (χ1) is 11.0. The van der Waals surface area contributed by atoms with Crippen LogP contribution in [-0.4, -0.2) is 35.2 Å². The number of rotatable bonds is 5. The summed E-state index contributed by atoms with van der Waals surface area (Å²) in [5.74, 6) is -1.10. The highest BCUT2D eigenvalue weighted by Gasteiger charge is 2.17. The van der Waals surface area contributed by atoms with Gasteiger partial charge in [-0.15, -0.1) is 0 Å². The molecule has 0 aliphatic heterocycles. The molecule has 0 aliphatic carbocycles. The van der Waals surface area contributed by atoms with Gasteiger partial charge in [-0.1, -0.05) is 12.1 Å². The fourth-order valence-corrected chi connectivity index (χ4v) is 1.97. The van der Waals surface area contributed by atoms with Gasteiger partial charge in [0, 0.05) is 0 Å². The lowest BCUT2D eigenvalue weighted by Gasteiger charge is -2.09. The zero-order valence-corrected chi connectivity index (χ0v) is 12.9. The fraction of sp³-hybridized carbons (Fsp3) is 0.235. The number of esters is 2. The minimum absolute atomic E-state index is 0.0282. The van der Waals surface area contributed by atoms with Crippen molar-refractivity contribution in [3.8, 4) is 16.9 Å². The van der Waals surface area contributed by atoms with Crippen molar-refractivity contribution in [2.45, 2.75) is 13.8 Å². The van der Waals surface area contributed by atoms with Gasteiger partial charge in [0.05, 0.1) is 13.2 Å². The number of hydrogen-bond donors (Lipinski definition) is 1. The van der Waals surface area contributed by atoms with Crippen LogP contribution in [0.15, 0.2) is 36.4 Å². The number of phenols is 1. The molecule has 1 N–H and O–H groups in total. The van der Waals surface area contributed by atoms with E-state index in [1.165, 1.54) is 24.3 Å². The van der Waals surface area contributed by atoms with E-state index in [0.29, 0.717) is 5.56 Å². The monoisotopic (exact) mass is 315 g/mol. The molecule has 1 heterocycles. The highest BCUT2D eigenvalue weighted by molar-refractivity contribution is 5.94. The average Bonchev–Trinajstić information content (AvgIpc) is 2.55. The van der Waals surface area contributed by atoms with Gasteiger partial charge in [0.25, 0.3) is 0 Å². The summed E-state index contributed by atoms with van der Waals surface area (Å²) in [6.45, 7) is 3.79. The van der Waals surface area contributed by atoms with Crippen molar-refractivity contribution in [3.05, 3.63) is 47.8 Å². The molecule has 0 aliphatic rings. The van der Waals surface area contributed by atoms with Crippen LogP contribution in [0.1, 0.15) is 34.8 Å². The van der Waals surface area contributed by atoms with Crippen molar-refractivity contribution in [3.63, 3.8) is 0 Å². The average molecular weight is 315 g/mol. The number of hydrogen-bond acceptors (Lipinski definition) is 6. The van der Waals surface area contributed by atoms with Gasteiger partial charge in [-0.2, -0.15) is 0 Å². The van der Waals surface area contributed by atoms with E-state index in [1.807, 2.05) is 0 Å². The second-order valence-corrected chi connectivity index (χ2v) is 4.61. The first-order valence-electron chi connectivity index (χ1n) is 7.20. The van der Waals surface area contributed by atoms with Gasteiger partial charge >= 0.3 is 11.9 Å². The van der Waals surface area contributed by atoms with Crippen LogP contribution < -0.4 is 0 Å². The second kappa shape index (κ2) is 7.40. The summed E-state index contributed by atoms with van der Waals surface area (Å²) in [6.07, 6.45) is 0. The number of aromatic nitrogens is 1. The topological polar surface area (TPSA) is 85.7 Å². The lowest BCUT2D eigenvalue weighted by Crippen LogP contribution is -2.13. The lowest BCUT2D eigenvalue weighted by molar-refractivity contribution is 0.0511. The number of ether oxygens (including phenoxy) is 2. The Morgan fingerprint density at radius 1 is 0.913 bits per heavy atom. The van der Waals surface area contributed by atoms with Crippen LogP contribution in [0.5, 0.6) is 5.75 Å². The van der Waals surface area contributed by atoms with Gasteiger partial charge in [0.15, 0.2) is 0 Å². The molecule has 120 valence electrons. The number of benzene rings is 1. The van der Waals surface area contributed by atoms with Crippen LogP contribution in [0.3, 0.4) is 0 Å². The summed E-state index contributed by atoms with van der Waals surface area (Å²) in [5, 5.41) is 9.37. The van der Waals surface area contributed by atoms with Crippen molar-refractivity contribution in [2.75, 3.05) is 13.2 Å². The third-order valence-corrected chi connectivity index (χ3v) is 3.00. The van der Waals surface area contributed by atoms with E-state index in [9.17, 15) is 14.7 Å². The molecule has 0 spiro atoms. The molecule has 2 aromatic rings. The first-order valence-corrected chi connectivity index (χ1v) is 7.20. The van der Waals surface area contributed by atoms with Crippen LogP contribution >= 0.6 is 0 Å². The molecule has 0 atom stereocenters. The van der Waals surface area contributed by atoms with Crippen LogP contribution in [0.25, 0.3) is 11.1 Å². The van der Waals surface area contributed by atoms with E-state index in [-0.39, 0.29) is 30.4 Å². The Morgan fingerprint density at radius 3 is 1.83 bits per heavy atom. The normalized spacial score (nSPS) is 10.2. The second-order valence-electron chi connectivity index (χ2n) is 4.61. The molecule has 23 heavy (non-hydrogen) atoms. The maximum Gasteiger partial charge on any atom is 0.356 e. The largest absolute Gasteiger partial charge is 0.508 e. The number of phenolic OH excluding ortho intramolecular Hbond substituents is 1. The molecule has 0 amide bonds. The minimum atomic E-state index is -0.612. The van der Waals surface area contributed by atoms with Gasteiger partial charge in [0.2, 0.25) is 0 Å². The third-order valence-electron chi connectivity index (χ3n) is 3.00. The Labute approximate surface area is 133 Å². The fourth-order valence-electron chi connectivity index (χ4n) is 1.97. The summed E-state index contributed by atoms with van der Waals surface area (Å²) in [4.78, 5) is 27.9. The number of nitrogens with zero attached hydrogens (tertiary/aromatic N) is 1. The maximum absolute atomic E-state index is 11.9. The SMILES string of the molecule is CCOC(=O)c1cc(-c2ccc(O)cc2)cc(C(=O)OCC)n1. The molecule has 0 fully saturated rings. The van der Waals surface area contributed by atoms with Gasteiger partial charge in [-0.05, 0) is 49.2 Å². The molecule has 0 saturated carbocycles. The molecule has 2 rings (SSSR count). The highest BCUT2D eigenvalue weighted by Crippen LogP contribution is 2.24. The van der Waals surface area contributed by atoms with Crippen molar-refractivity contribution >= 4 is 11.9 Å². The van der Waals surface area contributed by atoms with Gasteiger partial charge in [-0.25, -0.2) is 14.6 Å². The summed E-state index contributed by atoms with van der Waals surface area (Å²) in [5.41, 5.74) is 1.38. The minimum Gasteiger partial charge on any atom is -0.508 e. The summed E-state index contributed by atoms with van der Waals surface area (Å²) < 4.78 is 9.88. The summed E-state index contributed by atoms with van der Waals surface area (Å²) >= 11 is 0. The molecule has 6 heteroatoms. The van der Waals surface area contributed by atoms with Crippen molar-refractivity contribution in [1.82, 2.24) is 4.98 Å². The lowest BCUT2D eigenvalue weighted by atomic mass is 10.0. The Kier molecular flexibility index (Phi) is 5.30. The van der Waals surface area contributed by atoms with E-state index in [4.69, 9.17) is 9.47 Å². The molecule has 0 radical (unpaired) electrons. The van der Waals surface area contributed by atoms with E-state index < -0.39 is 11.9 Å². The van der Waals surface area contributed by atoms with Crippen molar-refractivity contribution in [2.24, 2.45) is 0 Å². The number of carbonyl (C=O) groups excluding carboxylic acids is 2. The predicted molar refractivity (Wildman–Crippen MR) is 83.3 cm³/mol. The quantitative estimate of drug-likeness (QED) is 0.854. The van der Waals surface area contributed by atoms with E-state index >= 15 is 0 Å². The standard InChI is InChI=1S/C17H17NO5/c1-3-22-16(20)14-9-12(11-5-7-13(19)8-6-11)10-15(18-14)17(21)23-4-2/h5-10,19H,3-4H2,1-2H3. The van der Waals surface area contributed by atoms with Crippen LogP contribution in [0.2, 0.25) is 0 Å². The first kappa shape index (κ1) is 16.5. The van der Waals surface area contributed by atoms with Crippen molar-refractivity contribution < 1.29 is 24.2 Å². The van der Waals surface area contributed by atoms with Crippen LogP contribution in [-0.2, 0) is 9.47 Å². The Hall–Kier alpha value is -2.89. The molecule has 1 aromatic heterocycles. The Morgan fingerprint density at radius 2 is 1.39 bits per heavy atom. The van der Waals surface area contributed by atoms with Gasteiger partial charge in [-0.3, -0.25) is 0 Å². The zero-order valence-electron chi connectivity index (χ0n) is 12.9.